The van der Waals surface area contributed by atoms with Gasteiger partial charge in [-0.3, -0.25) is 9.88 Å². The Morgan fingerprint density at radius 1 is 1.26 bits per heavy atom. The highest BCUT2D eigenvalue weighted by Crippen LogP contribution is 2.42. The minimum absolute atomic E-state index is 0.195. The van der Waals surface area contributed by atoms with Crippen LogP contribution in [0.15, 0.2) is 24.4 Å². The minimum Gasteiger partial charge on any atom is -0.377 e. The Morgan fingerprint density at radius 2 is 2.22 bits per heavy atom. The number of fused-ring (bicyclic) bond motifs is 1. The molecule has 3 aliphatic rings. The largest absolute Gasteiger partial charge is 0.377 e. The average molecular weight is 316 g/mol. The van der Waals surface area contributed by atoms with Crippen LogP contribution < -0.4 is 0 Å². The number of piperidine rings is 1. The number of aromatic nitrogens is 1. The molecule has 1 aromatic rings. The van der Waals surface area contributed by atoms with Gasteiger partial charge in [0.1, 0.15) is 0 Å². The maximum Gasteiger partial charge on any atom is 0.0888 e. The third-order valence-corrected chi connectivity index (χ3v) is 5.97. The predicted molar refractivity (Wildman–Crippen MR) is 89.1 cm³/mol. The SMILES string of the molecule is c1ccc(COC[C@@]23CCCO[C@@H]2CCN(C2CCC2)C3)nc1. The summed E-state index contributed by atoms with van der Waals surface area (Å²) >= 11 is 0. The molecule has 3 fully saturated rings. The maximum absolute atomic E-state index is 6.15. The molecule has 4 nitrogen and oxygen atoms in total. The van der Waals surface area contributed by atoms with E-state index in [9.17, 15) is 0 Å². The Morgan fingerprint density at radius 3 is 3.00 bits per heavy atom. The van der Waals surface area contributed by atoms with E-state index in [1.807, 2.05) is 24.4 Å². The highest BCUT2D eigenvalue weighted by atomic mass is 16.5. The maximum atomic E-state index is 6.15. The van der Waals surface area contributed by atoms with Crippen molar-refractivity contribution in [1.82, 2.24) is 9.88 Å². The first-order chi connectivity index (χ1) is 11.4. The lowest BCUT2D eigenvalue weighted by Crippen LogP contribution is -2.59. The van der Waals surface area contributed by atoms with E-state index >= 15 is 0 Å². The molecular weight excluding hydrogens is 288 g/mol. The highest BCUT2D eigenvalue weighted by Gasteiger charge is 2.47. The molecule has 0 bridgehead atoms. The lowest BCUT2D eigenvalue weighted by Gasteiger charge is -2.53. The quantitative estimate of drug-likeness (QED) is 0.836. The van der Waals surface area contributed by atoms with Crippen LogP contribution in [0.2, 0.25) is 0 Å². The molecule has 0 amide bonds. The average Bonchev–Trinajstić information content (AvgIpc) is 2.54. The van der Waals surface area contributed by atoms with E-state index in [0.717, 1.165) is 31.5 Å². The zero-order chi connectivity index (χ0) is 15.5. The third kappa shape index (κ3) is 3.30. The van der Waals surface area contributed by atoms with Gasteiger partial charge in [0, 0.05) is 37.4 Å². The van der Waals surface area contributed by atoms with Crippen molar-refractivity contribution in [3.05, 3.63) is 30.1 Å². The highest BCUT2D eigenvalue weighted by molar-refractivity contribution is 5.03. The first kappa shape index (κ1) is 15.6. The number of pyridine rings is 1. The van der Waals surface area contributed by atoms with Crippen molar-refractivity contribution in [3.63, 3.8) is 0 Å². The summed E-state index contributed by atoms with van der Waals surface area (Å²) in [5, 5.41) is 0. The molecule has 4 rings (SSSR count). The predicted octanol–water partition coefficient (Wildman–Crippen LogP) is 3.02. The number of ether oxygens (including phenoxy) is 2. The van der Waals surface area contributed by atoms with Gasteiger partial charge in [-0.25, -0.2) is 0 Å². The number of hydrogen-bond acceptors (Lipinski definition) is 4. The summed E-state index contributed by atoms with van der Waals surface area (Å²) in [6, 6.07) is 6.83. The van der Waals surface area contributed by atoms with Crippen LogP contribution in [0.4, 0.5) is 0 Å². The first-order valence-corrected chi connectivity index (χ1v) is 9.19. The van der Waals surface area contributed by atoms with Crippen molar-refractivity contribution in [2.45, 2.75) is 57.3 Å². The smallest absolute Gasteiger partial charge is 0.0888 e. The topological polar surface area (TPSA) is 34.6 Å². The molecular formula is C19H28N2O2. The molecule has 1 saturated carbocycles. The van der Waals surface area contributed by atoms with Gasteiger partial charge in [0.25, 0.3) is 0 Å². The number of likely N-dealkylation sites (tertiary alicyclic amines) is 1. The molecule has 0 unspecified atom stereocenters. The molecule has 23 heavy (non-hydrogen) atoms. The Labute approximate surface area is 139 Å². The molecule has 1 aromatic heterocycles. The summed E-state index contributed by atoms with van der Waals surface area (Å²) in [7, 11) is 0. The van der Waals surface area contributed by atoms with Crippen LogP contribution in [0.1, 0.15) is 44.2 Å². The van der Waals surface area contributed by atoms with Gasteiger partial charge in [0.05, 0.1) is 25.0 Å². The molecule has 0 N–H and O–H groups in total. The van der Waals surface area contributed by atoms with E-state index in [1.54, 1.807) is 0 Å². The van der Waals surface area contributed by atoms with E-state index in [0.29, 0.717) is 12.7 Å². The van der Waals surface area contributed by atoms with Gasteiger partial charge in [-0.1, -0.05) is 12.5 Å². The number of hydrogen-bond donors (Lipinski definition) is 0. The van der Waals surface area contributed by atoms with Gasteiger partial charge in [0.2, 0.25) is 0 Å². The van der Waals surface area contributed by atoms with E-state index in [1.165, 1.54) is 45.1 Å². The van der Waals surface area contributed by atoms with Crippen molar-refractivity contribution < 1.29 is 9.47 Å². The second-order valence-electron chi connectivity index (χ2n) is 7.48. The van der Waals surface area contributed by atoms with E-state index in [2.05, 4.69) is 9.88 Å². The number of rotatable bonds is 5. The van der Waals surface area contributed by atoms with Crippen LogP contribution in [-0.2, 0) is 16.1 Å². The number of nitrogens with zero attached hydrogens (tertiary/aromatic N) is 2. The zero-order valence-corrected chi connectivity index (χ0v) is 14.0. The van der Waals surface area contributed by atoms with Crippen LogP contribution in [0.25, 0.3) is 0 Å². The molecule has 0 spiro atoms. The van der Waals surface area contributed by atoms with Gasteiger partial charge < -0.3 is 9.47 Å². The second-order valence-corrected chi connectivity index (χ2v) is 7.48. The zero-order valence-electron chi connectivity index (χ0n) is 14.0. The van der Waals surface area contributed by atoms with E-state index in [4.69, 9.17) is 9.47 Å². The Hall–Kier alpha value is -0.970. The molecule has 1 aliphatic carbocycles. The summed E-state index contributed by atoms with van der Waals surface area (Å²) in [5.74, 6) is 0. The van der Waals surface area contributed by atoms with Gasteiger partial charge in [-0.15, -0.1) is 0 Å². The Bertz CT molecular complexity index is 505. The first-order valence-electron chi connectivity index (χ1n) is 9.19. The monoisotopic (exact) mass is 316 g/mol. The van der Waals surface area contributed by atoms with Crippen molar-refractivity contribution in [2.24, 2.45) is 5.41 Å². The van der Waals surface area contributed by atoms with Crippen molar-refractivity contribution in [1.29, 1.82) is 0 Å². The fraction of sp³-hybridized carbons (Fsp3) is 0.737. The molecule has 0 radical (unpaired) electrons. The van der Waals surface area contributed by atoms with Gasteiger partial charge in [0.15, 0.2) is 0 Å². The summed E-state index contributed by atoms with van der Waals surface area (Å²) in [5.41, 5.74) is 1.21. The molecule has 0 aromatic carbocycles. The van der Waals surface area contributed by atoms with Crippen LogP contribution in [-0.4, -0.2) is 48.3 Å². The van der Waals surface area contributed by atoms with Gasteiger partial charge in [-0.2, -0.15) is 0 Å². The van der Waals surface area contributed by atoms with Gasteiger partial charge >= 0.3 is 0 Å². The molecule has 3 heterocycles. The molecule has 126 valence electrons. The lowest BCUT2D eigenvalue weighted by atomic mass is 9.72. The van der Waals surface area contributed by atoms with Crippen LogP contribution >= 0.6 is 0 Å². The molecule has 2 saturated heterocycles. The normalized spacial score (nSPS) is 32.3. The van der Waals surface area contributed by atoms with E-state index < -0.39 is 0 Å². The van der Waals surface area contributed by atoms with Crippen molar-refractivity contribution >= 4 is 0 Å². The fourth-order valence-electron chi connectivity index (χ4n) is 4.44. The minimum atomic E-state index is 0.195. The molecule has 2 aliphatic heterocycles. The Kier molecular flexibility index (Phi) is 4.65. The van der Waals surface area contributed by atoms with Gasteiger partial charge in [-0.05, 0) is 44.2 Å². The van der Waals surface area contributed by atoms with Crippen LogP contribution in [0, 0.1) is 5.41 Å². The van der Waals surface area contributed by atoms with Crippen molar-refractivity contribution in [2.75, 3.05) is 26.3 Å². The van der Waals surface area contributed by atoms with Crippen LogP contribution in [0.5, 0.6) is 0 Å². The third-order valence-electron chi connectivity index (χ3n) is 5.97. The fourth-order valence-corrected chi connectivity index (χ4v) is 4.44. The Balaban J connectivity index is 1.40. The molecule has 4 heteroatoms. The molecule has 2 atom stereocenters. The summed E-state index contributed by atoms with van der Waals surface area (Å²) in [6.45, 7) is 4.70. The van der Waals surface area contributed by atoms with Crippen molar-refractivity contribution in [3.8, 4) is 0 Å². The summed E-state index contributed by atoms with van der Waals surface area (Å²) in [6.07, 6.45) is 9.98. The second kappa shape index (κ2) is 6.88. The van der Waals surface area contributed by atoms with Crippen LogP contribution in [0.3, 0.4) is 0 Å². The summed E-state index contributed by atoms with van der Waals surface area (Å²) < 4.78 is 12.3. The summed E-state index contributed by atoms with van der Waals surface area (Å²) in [4.78, 5) is 7.08. The lowest BCUT2D eigenvalue weighted by molar-refractivity contribution is -0.163. The standard InChI is InChI=1S/C19H28N2O2/c1-2-10-20-16(5-1)13-22-15-19-9-4-12-23-18(19)8-11-21(14-19)17-6-3-7-17/h1-2,5,10,17-18H,3-4,6-9,11-15H2/t18-,19+/m1/s1. The van der Waals surface area contributed by atoms with E-state index in [-0.39, 0.29) is 5.41 Å².